The summed E-state index contributed by atoms with van der Waals surface area (Å²) in [5.41, 5.74) is 2.72. The first-order valence-corrected chi connectivity index (χ1v) is 8.88. The van der Waals surface area contributed by atoms with E-state index in [-0.39, 0.29) is 0 Å². The second-order valence-corrected chi connectivity index (χ2v) is 6.66. The Kier molecular flexibility index (Phi) is 4.30. The van der Waals surface area contributed by atoms with Crippen LogP contribution < -0.4 is 0 Å². The molecule has 6 heteroatoms. The van der Waals surface area contributed by atoms with Gasteiger partial charge >= 0.3 is 0 Å². The standard InChI is InChI=1S/C18H24N6/c1-2-9-24-18(20-21-22-24)13-23-10-7-14(8-11-23)16-12-19-17-6-4-3-5-15(16)17/h3-6,12,14,19H,2,7-11,13H2,1H3. The predicted octanol–water partition coefficient (Wildman–Crippen LogP) is 2.94. The average molecular weight is 324 g/mol. The molecular weight excluding hydrogens is 300 g/mol. The van der Waals surface area contributed by atoms with Crippen molar-refractivity contribution in [2.45, 2.75) is 45.2 Å². The lowest BCUT2D eigenvalue weighted by Gasteiger charge is -2.31. The zero-order valence-electron chi connectivity index (χ0n) is 14.1. The van der Waals surface area contributed by atoms with Crippen molar-refractivity contribution in [1.82, 2.24) is 30.1 Å². The fraction of sp³-hybridized carbons (Fsp3) is 0.500. The summed E-state index contributed by atoms with van der Waals surface area (Å²) in [6, 6.07) is 8.60. The first-order valence-electron chi connectivity index (χ1n) is 8.88. The van der Waals surface area contributed by atoms with Crippen molar-refractivity contribution in [2.75, 3.05) is 13.1 Å². The third-order valence-electron chi connectivity index (χ3n) is 5.06. The number of H-pyrrole nitrogens is 1. The SMILES string of the molecule is CCCn1nnnc1CN1CCC(c2c[nH]c3ccccc23)CC1. The summed E-state index contributed by atoms with van der Waals surface area (Å²) in [6.45, 7) is 6.10. The minimum Gasteiger partial charge on any atom is -0.361 e. The number of fused-ring (bicyclic) bond motifs is 1. The monoisotopic (exact) mass is 324 g/mol. The molecule has 0 unspecified atom stereocenters. The zero-order valence-corrected chi connectivity index (χ0v) is 14.1. The van der Waals surface area contributed by atoms with Crippen molar-refractivity contribution < 1.29 is 0 Å². The number of rotatable bonds is 5. The number of hydrogen-bond acceptors (Lipinski definition) is 4. The second-order valence-electron chi connectivity index (χ2n) is 6.66. The van der Waals surface area contributed by atoms with Crippen LogP contribution in [-0.4, -0.2) is 43.2 Å². The summed E-state index contributed by atoms with van der Waals surface area (Å²) in [4.78, 5) is 5.89. The van der Waals surface area contributed by atoms with Crippen LogP contribution in [-0.2, 0) is 13.1 Å². The van der Waals surface area contributed by atoms with Gasteiger partial charge in [0.15, 0.2) is 5.82 Å². The van der Waals surface area contributed by atoms with Gasteiger partial charge in [0.1, 0.15) is 0 Å². The second kappa shape index (κ2) is 6.73. The van der Waals surface area contributed by atoms with E-state index in [1.54, 1.807) is 0 Å². The minimum atomic E-state index is 0.643. The molecule has 1 saturated heterocycles. The van der Waals surface area contributed by atoms with E-state index in [1.807, 2.05) is 4.68 Å². The Bertz CT molecular complexity index is 797. The fourth-order valence-electron chi connectivity index (χ4n) is 3.76. The molecule has 0 amide bonds. The molecule has 0 saturated carbocycles. The third-order valence-corrected chi connectivity index (χ3v) is 5.06. The van der Waals surface area contributed by atoms with Gasteiger partial charge in [0.25, 0.3) is 0 Å². The molecule has 126 valence electrons. The number of para-hydroxylation sites is 1. The van der Waals surface area contributed by atoms with Gasteiger partial charge in [-0.25, -0.2) is 4.68 Å². The van der Waals surface area contributed by atoms with Crippen molar-refractivity contribution in [3.05, 3.63) is 41.9 Å². The van der Waals surface area contributed by atoms with Crippen LogP contribution in [0.15, 0.2) is 30.5 Å². The van der Waals surface area contributed by atoms with E-state index in [9.17, 15) is 0 Å². The van der Waals surface area contributed by atoms with Crippen molar-refractivity contribution in [1.29, 1.82) is 0 Å². The first-order chi connectivity index (χ1) is 11.8. The fourth-order valence-corrected chi connectivity index (χ4v) is 3.76. The molecule has 1 N–H and O–H groups in total. The number of aromatic nitrogens is 5. The van der Waals surface area contributed by atoms with E-state index < -0.39 is 0 Å². The average Bonchev–Trinajstić information content (AvgIpc) is 3.23. The summed E-state index contributed by atoms with van der Waals surface area (Å²) in [5, 5.41) is 13.5. The van der Waals surface area contributed by atoms with Crippen LogP contribution in [0.5, 0.6) is 0 Å². The smallest absolute Gasteiger partial charge is 0.165 e. The lowest BCUT2D eigenvalue weighted by Crippen LogP contribution is -2.33. The molecule has 24 heavy (non-hydrogen) atoms. The Morgan fingerprint density at radius 1 is 1.21 bits per heavy atom. The van der Waals surface area contributed by atoms with Gasteiger partial charge in [-0.15, -0.1) is 5.10 Å². The van der Waals surface area contributed by atoms with Crippen molar-refractivity contribution in [3.8, 4) is 0 Å². The molecule has 3 heterocycles. The van der Waals surface area contributed by atoms with Gasteiger partial charge in [-0.3, -0.25) is 4.90 Å². The van der Waals surface area contributed by atoms with E-state index in [0.717, 1.165) is 38.4 Å². The lowest BCUT2D eigenvalue weighted by atomic mass is 9.89. The molecule has 0 atom stereocenters. The van der Waals surface area contributed by atoms with Gasteiger partial charge in [0.2, 0.25) is 0 Å². The maximum atomic E-state index is 4.19. The van der Waals surface area contributed by atoms with Crippen LogP contribution in [0.2, 0.25) is 0 Å². The summed E-state index contributed by atoms with van der Waals surface area (Å²) in [6.07, 6.45) is 5.64. The first kappa shape index (κ1) is 15.3. The van der Waals surface area contributed by atoms with Gasteiger partial charge < -0.3 is 4.98 Å². The quantitative estimate of drug-likeness (QED) is 0.784. The molecule has 1 aliphatic rings. The number of hydrogen-bond donors (Lipinski definition) is 1. The molecule has 2 aromatic heterocycles. The maximum absolute atomic E-state index is 4.19. The van der Waals surface area contributed by atoms with Crippen LogP contribution in [0.3, 0.4) is 0 Å². The Hall–Kier alpha value is -2.21. The number of nitrogens with zero attached hydrogens (tertiary/aromatic N) is 5. The Morgan fingerprint density at radius 3 is 2.88 bits per heavy atom. The molecule has 1 aliphatic heterocycles. The van der Waals surface area contributed by atoms with Crippen molar-refractivity contribution >= 4 is 10.9 Å². The van der Waals surface area contributed by atoms with Gasteiger partial charge in [-0.05, 0) is 60.3 Å². The largest absolute Gasteiger partial charge is 0.361 e. The molecular formula is C18H24N6. The maximum Gasteiger partial charge on any atom is 0.165 e. The van der Waals surface area contributed by atoms with Crippen molar-refractivity contribution in [3.63, 3.8) is 0 Å². The Labute approximate surface area is 141 Å². The highest BCUT2D eigenvalue weighted by Crippen LogP contribution is 2.33. The van der Waals surface area contributed by atoms with Gasteiger partial charge in [-0.1, -0.05) is 25.1 Å². The molecule has 4 rings (SSSR count). The van der Waals surface area contributed by atoms with Gasteiger partial charge in [0.05, 0.1) is 6.54 Å². The highest BCUT2D eigenvalue weighted by molar-refractivity contribution is 5.83. The van der Waals surface area contributed by atoms with E-state index in [2.05, 4.69) is 62.8 Å². The van der Waals surface area contributed by atoms with E-state index in [0.29, 0.717) is 5.92 Å². The summed E-state index contributed by atoms with van der Waals surface area (Å²) >= 11 is 0. The minimum absolute atomic E-state index is 0.643. The van der Waals surface area contributed by atoms with E-state index >= 15 is 0 Å². The molecule has 3 aromatic rings. The molecule has 0 aliphatic carbocycles. The summed E-state index contributed by atoms with van der Waals surface area (Å²) in [5.74, 6) is 1.63. The Morgan fingerprint density at radius 2 is 2.04 bits per heavy atom. The number of piperidine rings is 1. The lowest BCUT2D eigenvalue weighted by molar-refractivity contribution is 0.197. The van der Waals surface area contributed by atoms with Crippen LogP contribution >= 0.6 is 0 Å². The van der Waals surface area contributed by atoms with Crippen LogP contribution in [0.25, 0.3) is 10.9 Å². The van der Waals surface area contributed by atoms with Crippen molar-refractivity contribution in [2.24, 2.45) is 0 Å². The summed E-state index contributed by atoms with van der Waals surface area (Å²) < 4.78 is 1.94. The predicted molar refractivity (Wildman–Crippen MR) is 93.7 cm³/mol. The summed E-state index contributed by atoms with van der Waals surface area (Å²) in [7, 11) is 0. The number of nitrogens with one attached hydrogen (secondary N) is 1. The normalized spacial score (nSPS) is 16.9. The molecule has 0 bridgehead atoms. The van der Waals surface area contributed by atoms with Crippen LogP contribution in [0.1, 0.15) is 43.5 Å². The zero-order chi connectivity index (χ0) is 16.4. The number of aromatic amines is 1. The van der Waals surface area contributed by atoms with E-state index in [1.165, 1.54) is 29.3 Å². The van der Waals surface area contributed by atoms with Crippen LogP contribution in [0.4, 0.5) is 0 Å². The molecule has 1 aromatic carbocycles. The number of aryl methyl sites for hydroxylation is 1. The topological polar surface area (TPSA) is 62.6 Å². The van der Waals surface area contributed by atoms with E-state index in [4.69, 9.17) is 0 Å². The molecule has 6 nitrogen and oxygen atoms in total. The molecule has 1 fully saturated rings. The highest BCUT2D eigenvalue weighted by Gasteiger charge is 2.23. The third kappa shape index (κ3) is 2.94. The Balaban J connectivity index is 1.41. The number of likely N-dealkylation sites (tertiary alicyclic amines) is 1. The molecule has 0 radical (unpaired) electrons. The van der Waals surface area contributed by atoms with Gasteiger partial charge in [-0.2, -0.15) is 0 Å². The number of tetrazole rings is 1. The molecule has 0 spiro atoms. The van der Waals surface area contributed by atoms with Crippen LogP contribution in [0, 0.1) is 0 Å². The van der Waals surface area contributed by atoms with Gasteiger partial charge in [0, 0.05) is 23.6 Å². The highest BCUT2D eigenvalue weighted by atomic mass is 15.5. The number of benzene rings is 1.